The molecule has 2 heterocycles. The lowest BCUT2D eigenvalue weighted by atomic mass is 10.1. The Labute approximate surface area is 164 Å². The zero-order chi connectivity index (χ0) is 19.5. The largest absolute Gasteiger partial charge is 0.322 e. The van der Waals surface area contributed by atoms with Crippen LogP contribution in [0.15, 0.2) is 66.9 Å². The van der Waals surface area contributed by atoms with E-state index in [0.717, 1.165) is 35.3 Å². The molecular formula is C23H21N3O2. The fourth-order valence-electron chi connectivity index (χ4n) is 3.52. The monoisotopic (exact) mass is 371 g/mol. The molecule has 0 unspecified atom stereocenters. The van der Waals surface area contributed by atoms with E-state index in [-0.39, 0.29) is 17.5 Å². The van der Waals surface area contributed by atoms with E-state index in [1.807, 2.05) is 55.5 Å². The molecule has 28 heavy (non-hydrogen) atoms. The van der Waals surface area contributed by atoms with Crippen molar-refractivity contribution >= 4 is 23.2 Å². The number of aromatic nitrogens is 1. The lowest BCUT2D eigenvalue weighted by Gasteiger charge is -2.17. The minimum Gasteiger partial charge on any atom is -0.322 e. The molecule has 0 fully saturated rings. The number of amides is 2. The SMILES string of the molecule is CCc1ccccc1NC(=O)c1ccnc(C(=O)N2CCc3ccccc32)c1. The maximum absolute atomic E-state index is 13.0. The quantitative estimate of drug-likeness (QED) is 0.751. The van der Waals surface area contributed by atoms with Crippen LogP contribution in [-0.4, -0.2) is 23.3 Å². The maximum atomic E-state index is 13.0. The van der Waals surface area contributed by atoms with Gasteiger partial charge in [-0.25, -0.2) is 0 Å². The van der Waals surface area contributed by atoms with E-state index in [9.17, 15) is 9.59 Å². The van der Waals surface area contributed by atoms with Gasteiger partial charge in [0.2, 0.25) is 0 Å². The van der Waals surface area contributed by atoms with Gasteiger partial charge in [-0.3, -0.25) is 14.6 Å². The fourth-order valence-corrected chi connectivity index (χ4v) is 3.52. The summed E-state index contributed by atoms with van der Waals surface area (Å²) in [6, 6.07) is 18.8. The molecular weight excluding hydrogens is 350 g/mol. The molecule has 5 nitrogen and oxygen atoms in total. The Morgan fingerprint density at radius 3 is 2.71 bits per heavy atom. The number of rotatable bonds is 4. The van der Waals surface area contributed by atoms with Gasteiger partial charge in [0.15, 0.2) is 0 Å². The molecule has 0 saturated heterocycles. The predicted molar refractivity (Wildman–Crippen MR) is 110 cm³/mol. The topological polar surface area (TPSA) is 62.3 Å². The number of hydrogen-bond donors (Lipinski definition) is 1. The molecule has 0 spiro atoms. The van der Waals surface area contributed by atoms with E-state index in [0.29, 0.717) is 12.1 Å². The Balaban J connectivity index is 1.56. The van der Waals surface area contributed by atoms with Gasteiger partial charge in [-0.1, -0.05) is 43.3 Å². The standard InChI is InChI=1S/C23H21N3O2/c1-2-16-7-3-5-9-19(16)25-22(27)18-11-13-24-20(15-18)23(28)26-14-12-17-8-4-6-10-21(17)26/h3-11,13,15H,2,12,14H2,1H3,(H,25,27). The van der Waals surface area contributed by atoms with Crippen molar-refractivity contribution < 1.29 is 9.59 Å². The highest BCUT2D eigenvalue weighted by Crippen LogP contribution is 2.28. The van der Waals surface area contributed by atoms with Crippen molar-refractivity contribution in [2.75, 3.05) is 16.8 Å². The molecule has 0 aliphatic carbocycles. The summed E-state index contributed by atoms with van der Waals surface area (Å²) in [5.74, 6) is -0.437. The maximum Gasteiger partial charge on any atom is 0.276 e. The molecule has 1 aliphatic heterocycles. The second-order valence-corrected chi connectivity index (χ2v) is 6.73. The van der Waals surface area contributed by atoms with E-state index in [1.165, 1.54) is 6.20 Å². The molecule has 0 bridgehead atoms. The van der Waals surface area contributed by atoms with Crippen molar-refractivity contribution in [3.8, 4) is 0 Å². The second-order valence-electron chi connectivity index (χ2n) is 6.73. The summed E-state index contributed by atoms with van der Waals surface area (Å²) < 4.78 is 0. The normalized spacial score (nSPS) is 12.5. The van der Waals surface area contributed by atoms with Gasteiger partial charge in [-0.05, 0) is 48.2 Å². The van der Waals surface area contributed by atoms with Crippen LogP contribution in [0.4, 0.5) is 11.4 Å². The average Bonchev–Trinajstić information content (AvgIpc) is 3.18. The van der Waals surface area contributed by atoms with Gasteiger partial charge in [-0.2, -0.15) is 0 Å². The van der Waals surface area contributed by atoms with Crippen molar-refractivity contribution in [1.82, 2.24) is 4.98 Å². The number of carbonyl (C=O) groups excluding carboxylic acids is 2. The number of nitrogens with one attached hydrogen (secondary N) is 1. The number of benzene rings is 2. The van der Waals surface area contributed by atoms with Crippen LogP contribution in [0.2, 0.25) is 0 Å². The zero-order valence-corrected chi connectivity index (χ0v) is 15.7. The van der Waals surface area contributed by atoms with Crippen LogP contribution >= 0.6 is 0 Å². The molecule has 2 aromatic carbocycles. The van der Waals surface area contributed by atoms with Gasteiger partial charge in [0.1, 0.15) is 5.69 Å². The predicted octanol–water partition coefficient (Wildman–Crippen LogP) is 4.10. The van der Waals surface area contributed by atoms with E-state index in [2.05, 4.69) is 10.3 Å². The van der Waals surface area contributed by atoms with E-state index in [4.69, 9.17) is 0 Å². The number of pyridine rings is 1. The number of carbonyl (C=O) groups is 2. The number of nitrogens with zero attached hydrogens (tertiary/aromatic N) is 2. The van der Waals surface area contributed by atoms with Gasteiger partial charge in [-0.15, -0.1) is 0 Å². The van der Waals surface area contributed by atoms with Gasteiger partial charge in [0, 0.05) is 29.7 Å². The summed E-state index contributed by atoms with van der Waals surface area (Å²) in [5, 5.41) is 2.94. The Morgan fingerprint density at radius 1 is 1.07 bits per heavy atom. The van der Waals surface area contributed by atoms with Crippen LogP contribution in [0.25, 0.3) is 0 Å². The van der Waals surface area contributed by atoms with Gasteiger partial charge in [0.05, 0.1) is 0 Å². The zero-order valence-electron chi connectivity index (χ0n) is 15.7. The highest BCUT2D eigenvalue weighted by molar-refractivity contribution is 6.09. The van der Waals surface area contributed by atoms with Crippen LogP contribution in [0.3, 0.4) is 0 Å². The lowest BCUT2D eigenvalue weighted by Crippen LogP contribution is -2.30. The summed E-state index contributed by atoms with van der Waals surface area (Å²) >= 11 is 0. The van der Waals surface area contributed by atoms with Gasteiger partial charge in [0.25, 0.3) is 11.8 Å². The summed E-state index contributed by atoms with van der Waals surface area (Å²) in [4.78, 5) is 31.6. The lowest BCUT2D eigenvalue weighted by molar-refractivity contribution is 0.0984. The number of anilines is 2. The number of hydrogen-bond acceptors (Lipinski definition) is 3. The summed E-state index contributed by atoms with van der Waals surface area (Å²) in [7, 11) is 0. The average molecular weight is 371 g/mol. The first-order chi connectivity index (χ1) is 13.7. The van der Waals surface area contributed by atoms with E-state index >= 15 is 0 Å². The van der Waals surface area contributed by atoms with Crippen LogP contribution in [0.5, 0.6) is 0 Å². The fraction of sp³-hybridized carbons (Fsp3) is 0.174. The van der Waals surface area contributed by atoms with Crippen LogP contribution in [0, 0.1) is 0 Å². The minimum absolute atomic E-state index is 0.187. The first kappa shape index (κ1) is 17.9. The Hall–Kier alpha value is -3.47. The van der Waals surface area contributed by atoms with Crippen molar-refractivity contribution in [3.05, 3.63) is 89.2 Å². The Morgan fingerprint density at radius 2 is 1.86 bits per heavy atom. The summed E-state index contributed by atoms with van der Waals surface area (Å²) in [6.45, 7) is 2.67. The molecule has 4 rings (SSSR count). The Kier molecular flexibility index (Phi) is 4.89. The highest BCUT2D eigenvalue weighted by Gasteiger charge is 2.26. The van der Waals surface area contributed by atoms with Crippen molar-refractivity contribution in [1.29, 1.82) is 0 Å². The van der Waals surface area contributed by atoms with Crippen LogP contribution < -0.4 is 10.2 Å². The number of fused-ring (bicyclic) bond motifs is 1. The molecule has 0 radical (unpaired) electrons. The molecule has 2 amide bonds. The third kappa shape index (κ3) is 3.39. The number of para-hydroxylation sites is 2. The molecule has 3 aromatic rings. The summed E-state index contributed by atoms with van der Waals surface area (Å²) in [6.07, 6.45) is 3.16. The molecule has 1 aromatic heterocycles. The van der Waals surface area contributed by atoms with Gasteiger partial charge < -0.3 is 10.2 Å². The van der Waals surface area contributed by atoms with Gasteiger partial charge >= 0.3 is 0 Å². The smallest absolute Gasteiger partial charge is 0.276 e. The third-order valence-electron chi connectivity index (χ3n) is 5.02. The van der Waals surface area contributed by atoms with E-state index in [1.54, 1.807) is 17.0 Å². The molecule has 1 N–H and O–H groups in total. The van der Waals surface area contributed by atoms with Crippen molar-refractivity contribution in [2.45, 2.75) is 19.8 Å². The summed E-state index contributed by atoms with van der Waals surface area (Å²) in [5.41, 5.74) is 4.61. The van der Waals surface area contributed by atoms with E-state index < -0.39 is 0 Å². The molecule has 5 heteroatoms. The second kappa shape index (κ2) is 7.64. The molecule has 0 atom stereocenters. The third-order valence-corrected chi connectivity index (χ3v) is 5.02. The first-order valence-corrected chi connectivity index (χ1v) is 9.42. The molecule has 1 aliphatic rings. The van der Waals surface area contributed by atoms with Crippen LogP contribution in [-0.2, 0) is 12.8 Å². The first-order valence-electron chi connectivity index (χ1n) is 9.42. The van der Waals surface area contributed by atoms with Crippen molar-refractivity contribution in [2.24, 2.45) is 0 Å². The van der Waals surface area contributed by atoms with Crippen LogP contribution in [0.1, 0.15) is 38.9 Å². The molecule has 140 valence electrons. The van der Waals surface area contributed by atoms with Crippen molar-refractivity contribution in [3.63, 3.8) is 0 Å². The number of aryl methyl sites for hydroxylation is 1. The minimum atomic E-state index is -0.251. The molecule has 0 saturated carbocycles. The Bertz CT molecular complexity index is 1050. The highest BCUT2D eigenvalue weighted by atomic mass is 16.2.